The highest BCUT2D eigenvalue weighted by Gasteiger charge is 2.20. The first kappa shape index (κ1) is 13.7. The summed E-state index contributed by atoms with van der Waals surface area (Å²) in [5, 5.41) is 0. The monoisotopic (exact) mass is 294 g/mol. The van der Waals surface area contributed by atoms with E-state index in [1.807, 2.05) is 0 Å². The zero-order valence-electron chi connectivity index (χ0n) is 11.0. The van der Waals surface area contributed by atoms with Gasteiger partial charge < -0.3 is 0 Å². The van der Waals surface area contributed by atoms with Gasteiger partial charge in [0.2, 0.25) is 0 Å². The van der Waals surface area contributed by atoms with E-state index in [9.17, 15) is 8.78 Å². The molecular formula is C15H16F2N2S. The summed E-state index contributed by atoms with van der Waals surface area (Å²) in [6.45, 7) is 0. The molecule has 1 aromatic carbocycles. The number of hydrazine groups is 1. The Labute approximate surface area is 120 Å². The Bertz CT molecular complexity index is 581. The van der Waals surface area contributed by atoms with Gasteiger partial charge in [-0.2, -0.15) is 0 Å². The van der Waals surface area contributed by atoms with E-state index in [4.69, 9.17) is 5.84 Å². The number of aryl methyl sites for hydroxylation is 2. The van der Waals surface area contributed by atoms with Crippen LogP contribution in [0.4, 0.5) is 8.78 Å². The van der Waals surface area contributed by atoms with Gasteiger partial charge in [-0.15, -0.1) is 11.3 Å². The van der Waals surface area contributed by atoms with Crippen LogP contribution >= 0.6 is 11.3 Å². The van der Waals surface area contributed by atoms with E-state index < -0.39 is 11.6 Å². The van der Waals surface area contributed by atoms with E-state index in [2.05, 4.69) is 11.5 Å². The summed E-state index contributed by atoms with van der Waals surface area (Å²) in [5.74, 6) is 4.44. The zero-order valence-corrected chi connectivity index (χ0v) is 11.8. The lowest BCUT2D eigenvalue weighted by Gasteiger charge is -2.15. The molecule has 0 saturated carbocycles. The molecule has 3 N–H and O–H groups in total. The number of fused-ring (bicyclic) bond motifs is 1. The third-order valence-electron chi connectivity index (χ3n) is 3.69. The van der Waals surface area contributed by atoms with Crippen molar-refractivity contribution in [3.05, 3.63) is 56.8 Å². The first-order valence-corrected chi connectivity index (χ1v) is 7.52. The zero-order chi connectivity index (χ0) is 14.1. The van der Waals surface area contributed by atoms with Gasteiger partial charge in [0.15, 0.2) is 0 Å². The summed E-state index contributed by atoms with van der Waals surface area (Å²) in [6, 6.07) is 5.28. The van der Waals surface area contributed by atoms with Crippen LogP contribution in [0.15, 0.2) is 24.3 Å². The van der Waals surface area contributed by atoms with E-state index in [1.165, 1.54) is 35.4 Å². The summed E-state index contributed by atoms with van der Waals surface area (Å²) >= 11 is 1.69. The number of benzene rings is 1. The van der Waals surface area contributed by atoms with Crippen molar-refractivity contribution < 1.29 is 8.78 Å². The van der Waals surface area contributed by atoms with E-state index in [0.29, 0.717) is 5.56 Å². The van der Waals surface area contributed by atoms with Crippen molar-refractivity contribution in [1.82, 2.24) is 5.43 Å². The molecule has 0 spiro atoms. The maximum Gasteiger partial charge on any atom is 0.126 e. The second-order valence-electron chi connectivity index (χ2n) is 5.11. The molecule has 106 valence electrons. The first-order chi connectivity index (χ1) is 9.67. The number of halogens is 2. The molecule has 0 bridgehead atoms. The molecule has 1 heterocycles. The van der Waals surface area contributed by atoms with Crippen molar-refractivity contribution in [2.24, 2.45) is 5.84 Å². The normalized spacial score (nSPS) is 15.9. The minimum Gasteiger partial charge on any atom is -0.271 e. The van der Waals surface area contributed by atoms with Gasteiger partial charge >= 0.3 is 0 Å². The molecule has 0 fully saturated rings. The Morgan fingerprint density at radius 2 is 1.75 bits per heavy atom. The average Bonchev–Trinajstić information content (AvgIpc) is 2.81. The molecule has 0 amide bonds. The Kier molecular flexibility index (Phi) is 3.83. The maximum atomic E-state index is 13.4. The highest BCUT2D eigenvalue weighted by atomic mass is 32.1. The van der Waals surface area contributed by atoms with Crippen molar-refractivity contribution in [2.75, 3.05) is 0 Å². The van der Waals surface area contributed by atoms with Gasteiger partial charge in [0, 0.05) is 15.8 Å². The molecule has 2 aromatic rings. The summed E-state index contributed by atoms with van der Waals surface area (Å²) in [4.78, 5) is 2.40. The molecule has 1 aromatic heterocycles. The number of hydrogen-bond donors (Lipinski definition) is 2. The summed E-state index contributed by atoms with van der Waals surface area (Å²) in [5.41, 5.74) is 4.55. The van der Waals surface area contributed by atoms with Crippen molar-refractivity contribution in [3.63, 3.8) is 0 Å². The van der Waals surface area contributed by atoms with E-state index in [-0.39, 0.29) is 6.04 Å². The third kappa shape index (κ3) is 2.61. The SMILES string of the molecule is NNC(c1cc(F)cc(F)c1)c1cc2c(s1)CCCC2. The molecule has 0 saturated heterocycles. The lowest BCUT2D eigenvalue weighted by Crippen LogP contribution is -2.28. The predicted octanol–water partition coefficient (Wildman–Crippen LogP) is 3.46. The van der Waals surface area contributed by atoms with Gasteiger partial charge in [0.05, 0.1) is 6.04 Å². The summed E-state index contributed by atoms with van der Waals surface area (Å²) in [7, 11) is 0. The van der Waals surface area contributed by atoms with Gasteiger partial charge in [-0.1, -0.05) is 0 Å². The standard InChI is InChI=1S/C15H16F2N2S/c16-11-5-10(6-12(17)8-11)15(19-18)14-7-9-3-1-2-4-13(9)20-14/h5-8,15,19H,1-4,18H2. The first-order valence-electron chi connectivity index (χ1n) is 6.71. The second-order valence-corrected chi connectivity index (χ2v) is 6.28. The molecular weight excluding hydrogens is 278 g/mol. The fraction of sp³-hybridized carbons (Fsp3) is 0.333. The largest absolute Gasteiger partial charge is 0.271 e. The lowest BCUT2D eigenvalue weighted by molar-refractivity contribution is 0.567. The topological polar surface area (TPSA) is 38.0 Å². The second kappa shape index (κ2) is 5.60. The fourth-order valence-electron chi connectivity index (χ4n) is 2.74. The number of nitrogens with one attached hydrogen (secondary N) is 1. The van der Waals surface area contributed by atoms with Crippen LogP contribution in [0, 0.1) is 11.6 Å². The van der Waals surface area contributed by atoms with Crippen LogP contribution in [-0.4, -0.2) is 0 Å². The van der Waals surface area contributed by atoms with Crippen molar-refractivity contribution in [2.45, 2.75) is 31.7 Å². The summed E-state index contributed by atoms with van der Waals surface area (Å²) in [6.07, 6.45) is 4.59. The van der Waals surface area contributed by atoms with E-state index in [0.717, 1.165) is 23.8 Å². The minimum absolute atomic E-state index is 0.365. The lowest BCUT2D eigenvalue weighted by atomic mass is 9.98. The van der Waals surface area contributed by atoms with E-state index in [1.54, 1.807) is 11.3 Å². The van der Waals surface area contributed by atoms with Crippen molar-refractivity contribution in [3.8, 4) is 0 Å². The Hall–Kier alpha value is -1.30. The highest BCUT2D eigenvalue weighted by Crippen LogP contribution is 2.35. The van der Waals surface area contributed by atoms with Gasteiger partial charge in [-0.05, 0) is 55.0 Å². The van der Waals surface area contributed by atoms with Gasteiger partial charge in [-0.25, -0.2) is 14.2 Å². The van der Waals surface area contributed by atoms with Crippen LogP contribution in [-0.2, 0) is 12.8 Å². The number of thiophene rings is 1. The molecule has 2 nitrogen and oxygen atoms in total. The Balaban J connectivity index is 1.98. The molecule has 5 heteroatoms. The minimum atomic E-state index is -0.582. The number of hydrogen-bond acceptors (Lipinski definition) is 3. The predicted molar refractivity (Wildman–Crippen MR) is 76.5 cm³/mol. The quantitative estimate of drug-likeness (QED) is 0.672. The van der Waals surface area contributed by atoms with Crippen LogP contribution in [0.1, 0.15) is 39.8 Å². The number of rotatable bonds is 3. The van der Waals surface area contributed by atoms with Crippen LogP contribution < -0.4 is 11.3 Å². The Morgan fingerprint density at radius 3 is 2.40 bits per heavy atom. The smallest absolute Gasteiger partial charge is 0.126 e. The molecule has 0 aliphatic heterocycles. The van der Waals surface area contributed by atoms with Crippen LogP contribution in [0.3, 0.4) is 0 Å². The van der Waals surface area contributed by atoms with Crippen LogP contribution in [0.2, 0.25) is 0 Å². The van der Waals surface area contributed by atoms with Gasteiger partial charge in [0.25, 0.3) is 0 Å². The maximum absolute atomic E-state index is 13.4. The Morgan fingerprint density at radius 1 is 1.05 bits per heavy atom. The molecule has 1 aliphatic rings. The molecule has 1 aliphatic carbocycles. The van der Waals surface area contributed by atoms with Crippen molar-refractivity contribution in [1.29, 1.82) is 0 Å². The third-order valence-corrected chi connectivity index (χ3v) is 4.99. The van der Waals surface area contributed by atoms with Gasteiger partial charge in [-0.3, -0.25) is 5.84 Å². The van der Waals surface area contributed by atoms with Crippen LogP contribution in [0.25, 0.3) is 0 Å². The summed E-state index contributed by atoms with van der Waals surface area (Å²) < 4.78 is 26.7. The molecule has 1 unspecified atom stereocenters. The molecule has 3 rings (SSSR count). The molecule has 20 heavy (non-hydrogen) atoms. The highest BCUT2D eigenvalue weighted by molar-refractivity contribution is 7.12. The van der Waals surface area contributed by atoms with Gasteiger partial charge in [0.1, 0.15) is 11.6 Å². The number of nitrogens with two attached hydrogens (primary N) is 1. The fourth-order valence-corrected chi connectivity index (χ4v) is 4.09. The molecule has 1 atom stereocenters. The van der Waals surface area contributed by atoms with E-state index >= 15 is 0 Å². The van der Waals surface area contributed by atoms with Crippen molar-refractivity contribution >= 4 is 11.3 Å². The molecule has 0 radical (unpaired) electrons. The van der Waals surface area contributed by atoms with Crippen LogP contribution in [0.5, 0.6) is 0 Å². The average molecular weight is 294 g/mol.